The van der Waals surface area contributed by atoms with Crippen molar-refractivity contribution in [2.75, 3.05) is 11.9 Å². The summed E-state index contributed by atoms with van der Waals surface area (Å²) < 4.78 is 0. The second-order valence-corrected chi connectivity index (χ2v) is 6.42. The Morgan fingerprint density at radius 3 is 2.95 bits per heavy atom. The number of carbonyl (C=O) groups is 1. The molecule has 0 radical (unpaired) electrons. The zero-order valence-corrected chi connectivity index (χ0v) is 13.3. The molecular weight excluding hydrogens is 298 g/mol. The summed E-state index contributed by atoms with van der Waals surface area (Å²) in [6.07, 6.45) is 4.43. The van der Waals surface area contributed by atoms with E-state index in [2.05, 4.69) is 25.8 Å². The molecular formula is C15H17N5OS. The molecule has 2 aromatic heterocycles. The molecule has 0 saturated heterocycles. The quantitative estimate of drug-likeness (QED) is 0.692. The average molecular weight is 315 g/mol. The predicted molar refractivity (Wildman–Crippen MR) is 88.4 cm³/mol. The number of H-pyrrole nitrogens is 1. The third kappa shape index (κ3) is 3.25. The fourth-order valence-corrected chi connectivity index (χ4v) is 3.09. The fourth-order valence-electron chi connectivity index (χ4n) is 2.30. The van der Waals surface area contributed by atoms with Gasteiger partial charge >= 0.3 is 6.03 Å². The largest absolute Gasteiger partial charge is 0.338 e. The maximum absolute atomic E-state index is 11.9. The topological polar surface area (TPSA) is 82.7 Å². The zero-order chi connectivity index (χ0) is 15.5. The van der Waals surface area contributed by atoms with Gasteiger partial charge in [-0.3, -0.25) is 5.10 Å². The summed E-state index contributed by atoms with van der Waals surface area (Å²) in [7, 11) is 0. The minimum absolute atomic E-state index is 0.209. The van der Waals surface area contributed by atoms with Crippen LogP contribution in [-0.4, -0.2) is 27.8 Å². The van der Waals surface area contributed by atoms with E-state index >= 15 is 0 Å². The van der Waals surface area contributed by atoms with Crippen molar-refractivity contribution in [2.24, 2.45) is 0 Å². The second kappa shape index (κ2) is 6.15. The number of aryl methyl sites for hydroxylation is 2. The van der Waals surface area contributed by atoms with Crippen LogP contribution in [0.25, 0.3) is 10.9 Å². The molecule has 0 fully saturated rings. The number of aromatic nitrogens is 3. The van der Waals surface area contributed by atoms with E-state index in [1.807, 2.05) is 32.2 Å². The Bertz CT molecular complexity index is 807. The number of fused-ring (bicyclic) bond motifs is 1. The van der Waals surface area contributed by atoms with Crippen molar-refractivity contribution in [1.29, 1.82) is 0 Å². The summed E-state index contributed by atoms with van der Waals surface area (Å²) in [5.41, 5.74) is 2.73. The van der Waals surface area contributed by atoms with E-state index in [0.29, 0.717) is 6.54 Å². The Balaban J connectivity index is 1.56. The van der Waals surface area contributed by atoms with Crippen molar-refractivity contribution in [3.8, 4) is 0 Å². The second-order valence-electron chi connectivity index (χ2n) is 5.10. The number of carbonyl (C=O) groups excluding carboxylic acids is 1. The molecule has 1 aromatic carbocycles. The van der Waals surface area contributed by atoms with Gasteiger partial charge in [0.2, 0.25) is 0 Å². The normalized spacial score (nSPS) is 10.8. The van der Waals surface area contributed by atoms with Gasteiger partial charge in [-0.25, -0.2) is 9.78 Å². The lowest BCUT2D eigenvalue weighted by atomic mass is 10.1. The van der Waals surface area contributed by atoms with E-state index in [0.717, 1.165) is 33.6 Å². The molecule has 22 heavy (non-hydrogen) atoms. The van der Waals surface area contributed by atoms with E-state index in [4.69, 9.17) is 0 Å². The molecule has 7 heteroatoms. The van der Waals surface area contributed by atoms with Gasteiger partial charge in [-0.1, -0.05) is 0 Å². The van der Waals surface area contributed by atoms with Gasteiger partial charge in [0.05, 0.1) is 16.7 Å². The number of rotatable bonds is 4. The standard InChI is InChI=1S/C15H17N5OS/c1-9-5-11(6-14-13(9)8-18-20-14)19-15(21)16-4-3-12-7-17-10(2)22-12/h5-8H,3-4H2,1-2H3,(H,18,20)(H2,16,19,21). The molecule has 0 unspecified atom stereocenters. The van der Waals surface area contributed by atoms with Crippen LogP contribution < -0.4 is 10.6 Å². The molecule has 3 N–H and O–H groups in total. The minimum atomic E-state index is -0.209. The molecule has 0 aliphatic rings. The highest BCUT2D eigenvalue weighted by Crippen LogP contribution is 2.21. The summed E-state index contributed by atoms with van der Waals surface area (Å²) in [6, 6.07) is 3.60. The van der Waals surface area contributed by atoms with Gasteiger partial charge in [0, 0.05) is 35.1 Å². The number of nitrogens with one attached hydrogen (secondary N) is 3. The van der Waals surface area contributed by atoms with Gasteiger partial charge in [0.15, 0.2) is 0 Å². The van der Waals surface area contributed by atoms with Gasteiger partial charge in [-0.2, -0.15) is 5.10 Å². The Labute approximate surface area is 132 Å². The van der Waals surface area contributed by atoms with E-state index in [-0.39, 0.29) is 6.03 Å². The Morgan fingerprint density at radius 1 is 1.32 bits per heavy atom. The smallest absolute Gasteiger partial charge is 0.319 e. The average Bonchev–Trinajstić information content (AvgIpc) is 3.08. The molecule has 114 valence electrons. The lowest BCUT2D eigenvalue weighted by molar-refractivity contribution is 0.252. The van der Waals surface area contributed by atoms with Crippen molar-refractivity contribution < 1.29 is 4.79 Å². The predicted octanol–water partition coefficient (Wildman–Crippen LogP) is 3.00. The summed E-state index contributed by atoms with van der Waals surface area (Å²) in [5, 5.41) is 14.7. The van der Waals surface area contributed by atoms with E-state index in [1.165, 1.54) is 4.88 Å². The molecule has 3 rings (SSSR count). The lowest BCUT2D eigenvalue weighted by Crippen LogP contribution is -2.30. The number of hydrogen-bond acceptors (Lipinski definition) is 4. The first-order valence-corrected chi connectivity index (χ1v) is 7.83. The molecule has 0 bridgehead atoms. The van der Waals surface area contributed by atoms with Crippen LogP contribution in [0, 0.1) is 13.8 Å². The highest BCUT2D eigenvalue weighted by molar-refractivity contribution is 7.11. The molecule has 0 aliphatic heterocycles. The molecule has 0 spiro atoms. The fraction of sp³-hybridized carbons (Fsp3) is 0.267. The SMILES string of the molecule is Cc1ncc(CCNC(=O)Nc2cc(C)c3cn[nH]c3c2)s1. The van der Waals surface area contributed by atoms with Crippen LogP contribution >= 0.6 is 11.3 Å². The molecule has 0 saturated carbocycles. The van der Waals surface area contributed by atoms with Crippen LogP contribution in [-0.2, 0) is 6.42 Å². The Morgan fingerprint density at radius 2 is 2.18 bits per heavy atom. The van der Waals surface area contributed by atoms with Crippen molar-refractivity contribution in [3.63, 3.8) is 0 Å². The van der Waals surface area contributed by atoms with Gasteiger partial charge < -0.3 is 10.6 Å². The number of aromatic amines is 1. The van der Waals surface area contributed by atoms with Crippen molar-refractivity contribution >= 4 is 34.0 Å². The maximum Gasteiger partial charge on any atom is 0.319 e. The molecule has 0 atom stereocenters. The van der Waals surface area contributed by atoms with Gasteiger partial charge in [0.1, 0.15) is 0 Å². The first-order valence-electron chi connectivity index (χ1n) is 7.02. The summed E-state index contributed by atoms with van der Waals surface area (Å²) in [5.74, 6) is 0. The number of anilines is 1. The number of urea groups is 1. The van der Waals surface area contributed by atoms with Crippen LogP contribution in [0.1, 0.15) is 15.4 Å². The molecule has 0 aliphatic carbocycles. The number of nitrogens with zero attached hydrogens (tertiary/aromatic N) is 2. The maximum atomic E-state index is 11.9. The number of thiazole rings is 1. The summed E-state index contributed by atoms with van der Waals surface area (Å²) in [4.78, 5) is 17.3. The molecule has 3 aromatic rings. The number of hydrogen-bond donors (Lipinski definition) is 3. The van der Waals surface area contributed by atoms with Gasteiger partial charge in [-0.15, -0.1) is 11.3 Å². The van der Waals surface area contributed by atoms with E-state index in [9.17, 15) is 4.79 Å². The Hall–Kier alpha value is -2.41. The van der Waals surface area contributed by atoms with Gasteiger partial charge in [-0.05, 0) is 31.5 Å². The van der Waals surface area contributed by atoms with Gasteiger partial charge in [0.25, 0.3) is 0 Å². The monoisotopic (exact) mass is 315 g/mol. The van der Waals surface area contributed by atoms with Crippen LogP contribution in [0.2, 0.25) is 0 Å². The van der Waals surface area contributed by atoms with Crippen LogP contribution in [0.4, 0.5) is 10.5 Å². The van der Waals surface area contributed by atoms with Crippen LogP contribution in [0.3, 0.4) is 0 Å². The third-order valence-corrected chi connectivity index (χ3v) is 4.32. The molecule has 2 amide bonds. The first-order chi connectivity index (χ1) is 10.6. The number of amides is 2. The third-order valence-electron chi connectivity index (χ3n) is 3.35. The number of benzene rings is 1. The highest BCUT2D eigenvalue weighted by Gasteiger charge is 2.06. The summed E-state index contributed by atoms with van der Waals surface area (Å²) >= 11 is 1.65. The minimum Gasteiger partial charge on any atom is -0.338 e. The van der Waals surface area contributed by atoms with E-state index < -0.39 is 0 Å². The van der Waals surface area contributed by atoms with Crippen molar-refractivity contribution in [2.45, 2.75) is 20.3 Å². The highest BCUT2D eigenvalue weighted by atomic mass is 32.1. The summed E-state index contributed by atoms with van der Waals surface area (Å²) in [6.45, 7) is 4.55. The van der Waals surface area contributed by atoms with E-state index in [1.54, 1.807) is 17.5 Å². The molecule has 2 heterocycles. The lowest BCUT2D eigenvalue weighted by Gasteiger charge is -2.08. The van der Waals surface area contributed by atoms with Crippen LogP contribution in [0.5, 0.6) is 0 Å². The van der Waals surface area contributed by atoms with Crippen molar-refractivity contribution in [1.82, 2.24) is 20.5 Å². The molecule has 6 nitrogen and oxygen atoms in total. The van der Waals surface area contributed by atoms with Crippen LogP contribution in [0.15, 0.2) is 24.5 Å². The van der Waals surface area contributed by atoms with Crippen molar-refractivity contribution in [3.05, 3.63) is 40.0 Å². The Kier molecular flexibility index (Phi) is 4.06. The zero-order valence-electron chi connectivity index (χ0n) is 12.4. The first kappa shape index (κ1) is 14.5.